The fourth-order valence-electron chi connectivity index (χ4n) is 3.85. The van der Waals surface area contributed by atoms with E-state index in [0.717, 1.165) is 27.9 Å². The fraction of sp³-hybridized carbons (Fsp3) is 0.286. The summed E-state index contributed by atoms with van der Waals surface area (Å²) in [4.78, 5) is 19.5. The molecule has 0 saturated carbocycles. The molecule has 1 amide bonds. The summed E-state index contributed by atoms with van der Waals surface area (Å²) in [5.41, 5.74) is 0.807. The van der Waals surface area contributed by atoms with Crippen LogP contribution in [-0.2, 0) is 16.4 Å². The molecule has 0 aliphatic rings. The Balaban J connectivity index is 1.30. The van der Waals surface area contributed by atoms with Crippen molar-refractivity contribution in [2.24, 2.45) is 0 Å². The van der Waals surface area contributed by atoms with Gasteiger partial charge in [-0.1, -0.05) is 43.3 Å². The number of fused-ring (bicyclic) bond motifs is 1. The molecule has 0 aliphatic carbocycles. The van der Waals surface area contributed by atoms with Crippen LogP contribution in [-0.4, -0.2) is 43.7 Å². The van der Waals surface area contributed by atoms with Gasteiger partial charge >= 0.3 is 6.09 Å². The third kappa shape index (κ3) is 6.87. The molecule has 1 aromatic heterocycles. The Morgan fingerprint density at radius 1 is 1.05 bits per heavy atom. The molecule has 1 heterocycles. The maximum atomic E-state index is 12.9. The Labute approximate surface area is 221 Å². The summed E-state index contributed by atoms with van der Waals surface area (Å²) < 4.78 is 34.7. The number of hydrogen-bond donors (Lipinski definition) is 0. The first-order chi connectivity index (χ1) is 17.7. The second-order valence-electron chi connectivity index (χ2n) is 8.82. The van der Waals surface area contributed by atoms with E-state index in [0.29, 0.717) is 31.2 Å². The monoisotopic (exact) mass is 538 g/mol. The molecular formula is C28H30N2O5S2. The number of rotatable bonds is 10. The molecule has 0 bridgehead atoms. The third-order valence-corrected chi connectivity index (χ3v) is 8.30. The van der Waals surface area contributed by atoms with Crippen molar-refractivity contribution < 1.29 is 22.7 Å². The summed E-state index contributed by atoms with van der Waals surface area (Å²) in [6.45, 7) is 5.43. The van der Waals surface area contributed by atoms with Crippen LogP contribution < -0.4 is 9.47 Å². The van der Waals surface area contributed by atoms with Gasteiger partial charge in [-0.05, 0) is 49.1 Å². The lowest BCUT2D eigenvalue weighted by Crippen LogP contribution is -2.34. The molecule has 194 valence electrons. The molecule has 0 radical (unpaired) electrons. The normalized spacial score (nSPS) is 12.3. The van der Waals surface area contributed by atoms with Gasteiger partial charge in [-0.2, -0.15) is 0 Å². The Morgan fingerprint density at radius 3 is 2.51 bits per heavy atom. The van der Waals surface area contributed by atoms with Crippen LogP contribution in [0.25, 0.3) is 10.8 Å². The predicted octanol–water partition coefficient (Wildman–Crippen LogP) is 6.29. The fourth-order valence-corrected chi connectivity index (χ4v) is 5.38. The van der Waals surface area contributed by atoms with Crippen LogP contribution in [0.4, 0.5) is 4.79 Å². The van der Waals surface area contributed by atoms with Crippen molar-refractivity contribution in [3.8, 4) is 11.5 Å². The second-order valence-corrected chi connectivity index (χ2v) is 11.7. The quantitative estimate of drug-likeness (QED) is 0.236. The van der Waals surface area contributed by atoms with Crippen molar-refractivity contribution in [2.75, 3.05) is 19.3 Å². The lowest BCUT2D eigenvalue weighted by atomic mass is 10.1. The minimum atomic E-state index is -3.24. The summed E-state index contributed by atoms with van der Waals surface area (Å²) in [5, 5.41) is 4.87. The predicted molar refractivity (Wildman–Crippen MR) is 146 cm³/mol. The van der Waals surface area contributed by atoms with Crippen molar-refractivity contribution in [1.82, 2.24) is 9.88 Å². The molecule has 1 unspecified atom stereocenters. The van der Waals surface area contributed by atoms with Crippen LogP contribution in [0, 0.1) is 0 Å². The number of carbonyl (C=O) groups excluding carboxylic acids is 1. The first-order valence-electron chi connectivity index (χ1n) is 12.1. The van der Waals surface area contributed by atoms with E-state index in [4.69, 9.17) is 14.5 Å². The average Bonchev–Trinajstić information content (AvgIpc) is 3.37. The van der Waals surface area contributed by atoms with Gasteiger partial charge < -0.3 is 14.4 Å². The molecule has 0 aliphatic heterocycles. The van der Waals surface area contributed by atoms with Crippen molar-refractivity contribution >= 4 is 38.0 Å². The Kier molecular flexibility index (Phi) is 8.45. The molecule has 0 spiro atoms. The number of thiazole rings is 1. The Bertz CT molecular complexity index is 1460. The van der Waals surface area contributed by atoms with Crippen molar-refractivity contribution in [2.45, 2.75) is 37.7 Å². The number of aromatic nitrogens is 1. The molecule has 4 rings (SSSR count). The molecule has 4 aromatic rings. The lowest BCUT2D eigenvalue weighted by Gasteiger charge is -2.22. The second kappa shape index (κ2) is 11.7. The van der Waals surface area contributed by atoms with E-state index in [-0.39, 0.29) is 16.9 Å². The van der Waals surface area contributed by atoms with Crippen molar-refractivity contribution in [3.05, 3.63) is 82.8 Å². The molecular weight excluding hydrogens is 508 g/mol. The molecule has 7 nitrogen and oxygen atoms in total. The van der Waals surface area contributed by atoms with Crippen LogP contribution in [0.1, 0.15) is 36.9 Å². The third-order valence-electron chi connectivity index (χ3n) is 6.05. The largest absolute Gasteiger partial charge is 0.487 e. The number of hydrogen-bond acceptors (Lipinski definition) is 7. The first-order valence-corrected chi connectivity index (χ1v) is 14.8. The number of nitrogens with zero attached hydrogens (tertiary/aromatic N) is 2. The molecule has 37 heavy (non-hydrogen) atoms. The van der Waals surface area contributed by atoms with Crippen LogP contribution in [0.3, 0.4) is 0 Å². The van der Waals surface area contributed by atoms with E-state index in [1.165, 1.54) is 18.4 Å². The number of amides is 1. The smallest absolute Gasteiger partial charge is 0.415 e. The minimum absolute atomic E-state index is 0.159. The van der Waals surface area contributed by atoms with Gasteiger partial charge in [-0.15, -0.1) is 11.3 Å². The van der Waals surface area contributed by atoms with E-state index in [1.807, 2.05) is 54.8 Å². The van der Waals surface area contributed by atoms with Gasteiger partial charge in [0.05, 0.1) is 15.6 Å². The molecule has 0 fully saturated rings. The number of carbonyl (C=O) groups is 1. The van der Waals surface area contributed by atoms with Gasteiger partial charge in [-0.25, -0.2) is 18.2 Å². The molecule has 9 heteroatoms. The van der Waals surface area contributed by atoms with Gasteiger partial charge in [0.1, 0.15) is 18.1 Å². The minimum Gasteiger partial charge on any atom is -0.487 e. The molecule has 0 saturated heterocycles. The van der Waals surface area contributed by atoms with Gasteiger partial charge in [0.15, 0.2) is 9.84 Å². The molecule has 3 aromatic carbocycles. The van der Waals surface area contributed by atoms with Gasteiger partial charge in [-0.3, -0.25) is 0 Å². The number of benzene rings is 3. The maximum Gasteiger partial charge on any atom is 0.415 e. The highest BCUT2D eigenvalue weighted by Crippen LogP contribution is 2.27. The standard InChI is InChI=1S/C28H30N2O5S2/c1-4-30(28(31)35-26-11-7-9-21-8-5-6-10-25(21)26)17-16-20(2)27-29-22(19-36-27)18-34-23-12-14-24(15-13-23)37(3,32)33/h5-15,19-20H,4,16-18H2,1-3H3. The van der Waals surface area contributed by atoms with E-state index in [9.17, 15) is 13.2 Å². The van der Waals surface area contributed by atoms with E-state index < -0.39 is 9.84 Å². The first kappa shape index (κ1) is 26.6. The van der Waals surface area contributed by atoms with Crippen molar-refractivity contribution in [3.63, 3.8) is 0 Å². The average molecular weight is 539 g/mol. The molecule has 1 atom stereocenters. The number of ether oxygens (including phenoxy) is 2. The van der Waals surface area contributed by atoms with E-state index in [1.54, 1.807) is 28.4 Å². The Hall–Kier alpha value is -3.43. The number of sulfone groups is 1. The maximum absolute atomic E-state index is 12.9. The highest BCUT2D eigenvalue weighted by molar-refractivity contribution is 7.90. The summed E-state index contributed by atoms with van der Waals surface area (Å²) in [5.74, 6) is 1.30. The summed E-state index contributed by atoms with van der Waals surface area (Å²) in [6.07, 6.45) is 1.56. The summed E-state index contributed by atoms with van der Waals surface area (Å²) in [7, 11) is -3.24. The SMILES string of the molecule is CCN(CCC(C)c1nc(COc2ccc(S(C)(=O)=O)cc2)cs1)C(=O)Oc1cccc2ccccc12. The van der Waals surface area contributed by atoms with Gasteiger partial charge in [0.2, 0.25) is 0 Å². The van der Waals surface area contributed by atoms with E-state index >= 15 is 0 Å². The van der Waals surface area contributed by atoms with Gasteiger partial charge in [0, 0.05) is 36.0 Å². The van der Waals surface area contributed by atoms with E-state index in [2.05, 4.69) is 6.92 Å². The van der Waals surface area contributed by atoms with Crippen LogP contribution >= 0.6 is 11.3 Å². The van der Waals surface area contributed by atoms with Crippen LogP contribution in [0.2, 0.25) is 0 Å². The zero-order valence-corrected chi connectivity index (χ0v) is 22.7. The summed E-state index contributed by atoms with van der Waals surface area (Å²) >= 11 is 1.57. The lowest BCUT2D eigenvalue weighted by molar-refractivity contribution is 0.154. The highest BCUT2D eigenvalue weighted by Gasteiger charge is 2.18. The summed E-state index contributed by atoms with van der Waals surface area (Å²) in [6, 6.07) is 19.9. The van der Waals surface area contributed by atoms with Crippen LogP contribution in [0.5, 0.6) is 11.5 Å². The zero-order chi connectivity index (χ0) is 26.4. The Morgan fingerprint density at radius 2 is 1.78 bits per heavy atom. The van der Waals surface area contributed by atoms with Gasteiger partial charge in [0.25, 0.3) is 0 Å². The van der Waals surface area contributed by atoms with Crippen LogP contribution in [0.15, 0.2) is 77.0 Å². The topological polar surface area (TPSA) is 85.8 Å². The highest BCUT2D eigenvalue weighted by atomic mass is 32.2. The molecule has 0 N–H and O–H groups in total. The zero-order valence-electron chi connectivity index (χ0n) is 21.1. The van der Waals surface area contributed by atoms with Crippen molar-refractivity contribution in [1.29, 1.82) is 0 Å².